The summed E-state index contributed by atoms with van der Waals surface area (Å²) in [5, 5.41) is 10.7. The lowest BCUT2D eigenvalue weighted by Crippen LogP contribution is -2.33. The molecule has 1 aromatic rings. The molecule has 0 saturated heterocycles. The zero-order chi connectivity index (χ0) is 12.2. The van der Waals surface area contributed by atoms with E-state index in [0.717, 1.165) is 0 Å². The molecule has 0 aliphatic rings. The van der Waals surface area contributed by atoms with E-state index in [1.807, 2.05) is 20.8 Å². The summed E-state index contributed by atoms with van der Waals surface area (Å²) in [4.78, 5) is 0. The molecule has 0 aliphatic carbocycles. The Morgan fingerprint density at radius 3 is 2.69 bits per heavy atom. The second-order valence-corrected chi connectivity index (χ2v) is 4.28. The molecule has 0 amide bonds. The molecule has 6 nitrogen and oxygen atoms in total. The number of nitrogens with one attached hydrogen (secondary N) is 1. The van der Waals surface area contributed by atoms with Crippen LogP contribution >= 0.6 is 0 Å². The van der Waals surface area contributed by atoms with Gasteiger partial charge >= 0.3 is 6.01 Å². The minimum Gasteiger partial charge on any atom is -0.406 e. The van der Waals surface area contributed by atoms with Gasteiger partial charge in [0.25, 0.3) is 0 Å². The van der Waals surface area contributed by atoms with Gasteiger partial charge in [-0.2, -0.15) is 0 Å². The molecule has 0 saturated carbocycles. The summed E-state index contributed by atoms with van der Waals surface area (Å²) in [5.74, 6) is 0.428. The Morgan fingerprint density at radius 1 is 1.50 bits per heavy atom. The number of hydrogen-bond acceptors (Lipinski definition) is 6. The second-order valence-electron chi connectivity index (χ2n) is 4.28. The van der Waals surface area contributed by atoms with Gasteiger partial charge < -0.3 is 20.2 Å². The molecule has 6 heteroatoms. The summed E-state index contributed by atoms with van der Waals surface area (Å²) in [7, 11) is 0. The number of aromatic nitrogens is 2. The Morgan fingerprint density at radius 2 is 2.19 bits per heavy atom. The van der Waals surface area contributed by atoms with Gasteiger partial charge in [0, 0.05) is 13.2 Å². The Bertz CT molecular complexity index is 322. The number of ether oxygens (including phenoxy) is 1. The molecule has 0 fully saturated rings. The largest absolute Gasteiger partial charge is 0.406 e. The smallest absolute Gasteiger partial charge is 0.315 e. The lowest BCUT2D eigenvalue weighted by atomic mass is 10.1. The standard InChI is InChI=1S/C10H20N4O2/c1-5-15-10(3,4)6-12-9-14-13-8(16-9)7(2)11/h7H,5-6,11H2,1-4H3,(H,12,14). The van der Waals surface area contributed by atoms with Crippen molar-refractivity contribution >= 4 is 6.01 Å². The van der Waals surface area contributed by atoms with Crippen LogP contribution in [0.25, 0.3) is 0 Å². The molecule has 1 aromatic heterocycles. The van der Waals surface area contributed by atoms with Crippen molar-refractivity contribution in [1.29, 1.82) is 0 Å². The third-order valence-electron chi connectivity index (χ3n) is 2.03. The van der Waals surface area contributed by atoms with Gasteiger partial charge in [-0.1, -0.05) is 5.10 Å². The van der Waals surface area contributed by atoms with Crippen molar-refractivity contribution in [3.8, 4) is 0 Å². The van der Waals surface area contributed by atoms with Crippen LogP contribution in [0.3, 0.4) is 0 Å². The minimum atomic E-state index is -0.266. The SMILES string of the molecule is CCOC(C)(C)CNc1nnc(C(C)N)o1. The first-order valence-electron chi connectivity index (χ1n) is 5.41. The highest BCUT2D eigenvalue weighted by molar-refractivity contribution is 5.18. The number of nitrogens with zero attached hydrogens (tertiary/aromatic N) is 2. The summed E-state index contributed by atoms with van der Waals surface area (Å²) in [6.45, 7) is 9.01. The van der Waals surface area contributed by atoms with Crippen molar-refractivity contribution in [2.75, 3.05) is 18.5 Å². The van der Waals surface area contributed by atoms with Crippen molar-refractivity contribution in [3.63, 3.8) is 0 Å². The number of rotatable bonds is 6. The molecule has 0 spiro atoms. The fourth-order valence-electron chi connectivity index (χ4n) is 1.22. The zero-order valence-corrected chi connectivity index (χ0v) is 10.3. The Hall–Kier alpha value is -1.14. The van der Waals surface area contributed by atoms with E-state index >= 15 is 0 Å². The monoisotopic (exact) mass is 228 g/mol. The van der Waals surface area contributed by atoms with Crippen molar-refractivity contribution in [1.82, 2.24) is 10.2 Å². The van der Waals surface area contributed by atoms with E-state index in [-0.39, 0.29) is 11.6 Å². The van der Waals surface area contributed by atoms with Crippen LogP contribution in [0.2, 0.25) is 0 Å². The highest BCUT2D eigenvalue weighted by atomic mass is 16.5. The second kappa shape index (κ2) is 5.27. The molecule has 3 N–H and O–H groups in total. The van der Waals surface area contributed by atoms with Gasteiger partial charge in [0.1, 0.15) is 0 Å². The van der Waals surface area contributed by atoms with Gasteiger partial charge in [0.2, 0.25) is 5.89 Å². The van der Waals surface area contributed by atoms with Crippen molar-refractivity contribution in [2.24, 2.45) is 5.73 Å². The van der Waals surface area contributed by atoms with E-state index in [9.17, 15) is 0 Å². The molecular weight excluding hydrogens is 208 g/mol. The highest BCUT2D eigenvalue weighted by Gasteiger charge is 2.19. The van der Waals surface area contributed by atoms with Crippen LogP contribution in [-0.4, -0.2) is 29.0 Å². The Balaban J connectivity index is 2.48. The average molecular weight is 228 g/mol. The summed E-state index contributed by atoms with van der Waals surface area (Å²) in [6, 6.07) is 0.128. The summed E-state index contributed by atoms with van der Waals surface area (Å²) in [5.41, 5.74) is 5.34. The first-order valence-corrected chi connectivity index (χ1v) is 5.41. The summed E-state index contributed by atoms with van der Waals surface area (Å²) >= 11 is 0. The maximum absolute atomic E-state index is 5.61. The lowest BCUT2D eigenvalue weighted by molar-refractivity contribution is 0.000338. The van der Waals surface area contributed by atoms with E-state index in [1.54, 1.807) is 6.92 Å². The third kappa shape index (κ3) is 3.79. The van der Waals surface area contributed by atoms with Crippen LogP contribution in [0.5, 0.6) is 0 Å². The van der Waals surface area contributed by atoms with E-state index in [4.69, 9.17) is 14.9 Å². The van der Waals surface area contributed by atoms with Crippen LogP contribution < -0.4 is 11.1 Å². The Kier molecular flexibility index (Phi) is 4.26. The van der Waals surface area contributed by atoms with E-state index in [1.165, 1.54) is 0 Å². The summed E-state index contributed by atoms with van der Waals surface area (Å²) < 4.78 is 10.8. The topological polar surface area (TPSA) is 86.2 Å². The van der Waals surface area contributed by atoms with Gasteiger partial charge in [0.15, 0.2) is 0 Å². The minimum absolute atomic E-state index is 0.247. The molecule has 0 aliphatic heterocycles. The number of hydrogen-bond donors (Lipinski definition) is 2. The highest BCUT2D eigenvalue weighted by Crippen LogP contribution is 2.14. The fourth-order valence-corrected chi connectivity index (χ4v) is 1.22. The van der Waals surface area contributed by atoms with Crippen molar-refractivity contribution < 1.29 is 9.15 Å². The van der Waals surface area contributed by atoms with Crippen LogP contribution in [-0.2, 0) is 4.74 Å². The molecule has 16 heavy (non-hydrogen) atoms. The molecule has 1 heterocycles. The summed E-state index contributed by atoms with van der Waals surface area (Å²) in [6.07, 6.45) is 0. The van der Waals surface area contributed by atoms with Gasteiger partial charge in [-0.05, 0) is 27.7 Å². The number of anilines is 1. The molecule has 92 valence electrons. The molecule has 1 atom stereocenters. The van der Waals surface area contributed by atoms with Gasteiger partial charge in [0.05, 0.1) is 11.6 Å². The molecular formula is C10H20N4O2. The van der Waals surface area contributed by atoms with Crippen molar-refractivity contribution in [2.45, 2.75) is 39.3 Å². The zero-order valence-electron chi connectivity index (χ0n) is 10.3. The molecule has 0 aromatic carbocycles. The molecule has 0 bridgehead atoms. The quantitative estimate of drug-likeness (QED) is 0.763. The maximum atomic E-state index is 5.61. The molecule has 1 rings (SSSR count). The Labute approximate surface area is 95.6 Å². The van der Waals surface area contributed by atoms with Crippen LogP contribution in [0.4, 0.5) is 6.01 Å². The fraction of sp³-hybridized carbons (Fsp3) is 0.800. The van der Waals surface area contributed by atoms with Gasteiger partial charge in [-0.3, -0.25) is 0 Å². The van der Waals surface area contributed by atoms with E-state index < -0.39 is 0 Å². The van der Waals surface area contributed by atoms with Crippen LogP contribution in [0.1, 0.15) is 39.6 Å². The molecule has 1 unspecified atom stereocenters. The lowest BCUT2D eigenvalue weighted by Gasteiger charge is -2.24. The van der Waals surface area contributed by atoms with Crippen molar-refractivity contribution in [3.05, 3.63) is 5.89 Å². The first kappa shape index (κ1) is 12.9. The van der Waals surface area contributed by atoms with Crippen LogP contribution in [0.15, 0.2) is 4.42 Å². The third-order valence-corrected chi connectivity index (χ3v) is 2.03. The van der Waals surface area contributed by atoms with E-state index in [2.05, 4.69) is 15.5 Å². The number of nitrogens with two attached hydrogens (primary N) is 1. The first-order chi connectivity index (χ1) is 7.44. The van der Waals surface area contributed by atoms with Crippen LogP contribution in [0, 0.1) is 0 Å². The van der Waals surface area contributed by atoms with Gasteiger partial charge in [-0.15, -0.1) is 5.10 Å². The average Bonchev–Trinajstić information content (AvgIpc) is 2.63. The predicted molar refractivity (Wildman–Crippen MR) is 61.1 cm³/mol. The van der Waals surface area contributed by atoms with E-state index in [0.29, 0.717) is 25.1 Å². The maximum Gasteiger partial charge on any atom is 0.315 e. The molecule has 0 radical (unpaired) electrons. The van der Waals surface area contributed by atoms with Gasteiger partial charge in [-0.25, -0.2) is 0 Å². The normalized spacial score (nSPS) is 13.8. The predicted octanol–water partition coefficient (Wildman–Crippen LogP) is 1.32.